The van der Waals surface area contributed by atoms with Crippen molar-refractivity contribution in [3.8, 4) is 0 Å². The summed E-state index contributed by atoms with van der Waals surface area (Å²) in [7, 11) is -3.38. The third kappa shape index (κ3) is 6.25. The molecule has 1 fully saturated rings. The number of hydrogen-bond acceptors (Lipinski definition) is 7. The van der Waals surface area contributed by atoms with Crippen molar-refractivity contribution in [1.29, 1.82) is 0 Å². The number of hydrogen-bond donors (Lipinski definition) is 1. The Morgan fingerprint density at radius 1 is 1.29 bits per heavy atom. The minimum Gasteiger partial charge on any atom is -0.396 e. The fraction of sp³-hybridized carbons (Fsp3) is 0.567. The molecule has 0 radical (unpaired) electrons. The Balaban J connectivity index is 1.69. The molecule has 2 aliphatic heterocycles. The van der Waals surface area contributed by atoms with E-state index in [0.717, 1.165) is 18.4 Å². The molecule has 4 rings (SSSR count). The number of ether oxygens (including phenoxy) is 1. The number of nitro groups is 1. The summed E-state index contributed by atoms with van der Waals surface area (Å²) in [6.07, 6.45) is 7.85. The summed E-state index contributed by atoms with van der Waals surface area (Å²) in [6.45, 7) is 11.9. The maximum Gasteiger partial charge on any atom is 0.269 e. The van der Waals surface area contributed by atoms with Crippen LogP contribution in [0.2, 0.25) is 18.6 Å². The second kappa shape index (κ2) is 12.6. The van der Waals surface area contributed by atoms with Gasteiger partial charge in [-0.3, -0.25) is 19.6 Å². The number of nitrogens with zero attached hydrogens (tertiary/aromatic N) is 5. The van der Waals surface area contributed by atoms with E-state index in [1.807, 2.05) is 19.9 Å². The lowest BCUT2D eigenvalue weighted by atomic mass is 9.82. The third-order valence-corrected chi connectivity index (χ3v) is 10.9. The van der Waals surface area contributed by atoms with Crippen molar-refractivity contribution in [1.82, 2.24) is 15.0 Å². The first-order valence-corrected chi connectivity index (χ1v) is 17.5. The number of carbonyl (C=O) groups excluding carboxylic acids is 1. The number of aromatic nitrogens is 3. The lowest BCUT2D eigenvalue weighted by molar-refractivity contribution is -0.385. The quantitative estimate of drug-likeness (QED) is 0.110. The molecule has 228 valence electrons. The molecule has 1 aromatic heterocycles. The highest BCUT2D eigenvalue weighted by atomic mass is 28.4. The number of fused-ring (bicyclic) bond motifs is 2. The van der Waals surface area contributed by atoms with Crippen LogP contribution >= 0.6 is 0 Å². The van der Waals surface area contributed by atoms with Gasteiger partial charge in [0.25, 0.3) is 11.6 Å². The molecule has 2 aliphatic rings. The summed E-state index contributed by atoms with van der Waals surface area (Å²) >= 11 is 0. The summed E-state index contributed by atoms with van der Waals surface area (Å²) in [4.78, 5) is 27.3. The van der Waals surface area contributed by atoms with E-state index in [0.29, 0.717) is 42.9 Å². The Kier molecular flexibility index (Phi) is 9.48. The molecule has 42 heavy (non-hydrogen) atoms. The van der Waals surface area contributed by atoms with Gasteiger partial charge in [-0.2, -0.15) is 0 Å². The van der Waals surface area contributed by atoms with E-state index in [4.69, 9.17) is 4.74 Å². The van der Waals surface area contributed by atoms with E-state index < -0.39 is 36.5 Å². The van der Waals surface area contributed by atoms with Crippen LogP contribution in [0.3, 0.4) is 0 Å². The summed E-state index contributed by atoms with van der Waals surface area (Å²) in [6, 6.07) is 4.45. The number of aryl methyl sites for hydroxylation is 1. The molecule has 4 atom stereocenters. The number of aliphatic hydroxyl groups excluding tert-OH is 1. The first-order chi connectivity index (χ1) is 19.8. The summed E-state index contributed by atoms with van der Waals surface area (Å²) in [5.41, 5.74) is 1.83. The molecule has 1 saturated heterocycles. The Morgan fingerprint density at radius 3 is 2.67 bits per heavy atom. The van der Waals surface area contributed by atoms with E-state index in [9.17, 15) is 20.0 Å². The largest absolute Gasteiger partial charge is 0.396 e. The topological polar surface area (TPSA) is 124 Å². The molecule has 10 nitrogen and oxygen atoms in total. The summed E-state index contributed by atoms with van der Waals surface area (Å²) in [5.74, 6) is -0.855. The van der Waals surface area contributed by atoms with Crippen LogP contribution in [0.1, 0.15) is 58.2 Å². The fourth-order valence-corrected chi connectivity index (χ4v) is 9.02. The lowest BCUT2D eigenvalue weighted by Crippen LogP contribution is -2.45. The van der Waals surface area contributed by atoms with E-state index in [-0.39, 0.29) is 18.2 Å². The van der Waals surface area contributed by atoms with Crippen LogP contribution in [0.5, 0.6) is 0 Å². The van der Waals surface area contributed by atoms with Gasteiger partial charge in [0.2, 0.25) is 8.41 Å². The van der Waals surface area contributed by atoms with Crippen LogP contribution in [0, 0.1) is 16.0 Å². The van der Waals surface area contributed by atoms with Gasteiger partial charge in [0.1, 0.15) is 0 Å². The minimum absolute atomic E-state index is 0.0392. The number of anilines is 1. The van der Waals surface area contributed by atoms with E-state index in [2.05, 4.69) is 30.2 Å². The second-order valence-electron chi connectivity index (χ2n) is 12.3. The van der Waals surface area contributed by atoms with Gasteiger partial charge < -0.3 is 18.9 Å². The highest BCUT2D eigenvalue weighted by Crippen LogP contribution is 2.60. The van der Waals surface area contributed by atoms with Gasteiger partial charge in [-0.05, 0) is 59.2 Å². The number of aliphatic hydroxyl groups is 1. The fourth-order valence-electron chi connectivity index (χ4n) is 6.47. The number of nitro benzene ring substituents is 1. The van der Waals surface area contributed by atoms with Crippen LogP contribution in [0.15, 0.2) is 47.7 Å². The van der Waals surface area contributed by atoms with Gasteiger partial charge >= 0.3 is 0 Å². The van der Waals surface area contributed by atoms with Crippen molar-refractivity contribution in [2.45, 2.75) is 90.3 Å². The van der Waals surface area contributed by atoms with Gasteiger partial charge in [0.15, 0.2) is 5.60 Å². The highest BCUT2D eigenvalue weighted by molar-refractivity contribution is 6.72. The molecule has 0 saturated carbocycles. The Hall–Kier alpha value is -3.22. The molecule has 0 aliphatic carbocycles. The summed E-state index contributed by atoms with van der Waals surface area (Å²) < 4.78 is 24.4. The maximum absolute atomic E-state index is 16.0. The van der Waals surface area contributed by atoms with E-state index >= 15 is 4.11 Å². The third-order valence-electron chi connectivity index (χ3n) is 8.47. The Morgan fingerprint density at radius 2 is 2.02 bits per heavy atom. The molecule has 12 heteroatoms. The number of non-ortho nitro benzene ring substituents is 1. The predicted molar refractivity (Wildman–Crippen MR) is 161 cm³/mol. The monoisotopic (exact) mass is 599 g/mol. The molecule has 0 bridgehead atoms. The molecule has 1 amide bonds. The molecule has 1 N–H and O–H groups in total. The average Bonchev–Trinajstić information content (AvgIpc) is 3.55. The van der Waals surface area contributed by atoms with E-state index in [1.165, 1.54) is 17.7 Å². The number of halogens is 1. The van der Waals surface area contributed by atoms with Crippen LogP contribution in [0.25, 0.3) is 0 Å². The number of benzene rings is 1. The van der Waals surface area contributed by atoms with Crippen molar-refractivity contribution in [2.75, 3.05) is 18.1 Å². The molecule has 3 heterocycles. The van der Waals surface area contributed by atoms with Gasteiger partial charge in [-0.25, -0.2) is 0 Å². The number of rotatable bonds is 12. The van der Waals surface area contributed by atoms with E-state index in [1.54, 1.807) is 34.9 Å². The van der Waals surface area contributed by atoms with Gasteiger partial charge in [0.05, 0.1) is 22.4 Å². The Labute approximate surface area is 247 Å². The number of amides is 1. The molecular weight excluding hydrogens is 557 g/mol. The molecule has 2 aromatic rings. The second-order valence-corrected chi connectivity index (χ2v) is 16.0. The SMILES string of the molecule is CC(C)=CCC/C(C)=C/CN1C(=O)[C@]2(O[C@H](CCn3cc(CCO)nn3)[C@@H]([Si](C)(C)F)[C@@H]2C)c2cc([N+](=O)[O-])ccc21. The molecular formula is C30H42FN5O5Si. The van der Waals surface area contributed by atoms with Crippen LogP contribution in [0.4, 0.5) is 15.5 Å². The zero-order valence-electron chi connectivity index (χ0n) is 25.3. The Bertz CT molecular complexity index is 1380. The number of allylic oxidation sites excluding steroid dienone is 3. The maximum atomic E-state index is 16.0. The minimum atomic E-state index is -3.38. The standard InChI is InChI=1S/C30H42FN5O5Si/c1-20(2)8-7-9-21(3)12-16-35-26-11-10-24(36(39)40)18-25(26)30(29(35)38)22(4)28(42(5,6)31)27(41-30)13-15-34-19-23(14-17-37)32-33-34/h8,10-12,18-19,22,27-28,37H,7,9,13-17H2,1-6H3/b21-12+/t22-,27+,28-,30+/m0/s1. The predicted octanol–water partition coefficient (Wildman–Crippen LogP) is 5.63. The average molecular weight is 600 g/mol. The number of carbonyl (C=O) groups is 1. The summed E-state index contributed by atoms with van der Waals surface area (Å²) in [5, 5.41) is 29.1. The molecule has 1 aromatic carbocycles. The molecule has 0 unspecified atom stereocenters. The van der Waals surface area contributed by atoms with Gasteiger partial charge in [0, 0.05) is 61.5 Å². The van der Waals surface area contributed by atoms with Gasteiger partial charge in [-0.15, -0.1) is 5.10 Å². The van der Waals surface area contributed by atoms with Crippen LogP contribution < -0.4 is 4.90 Å². The van der Waals surface area contributed by atoms with Crippen molar-refractivity contribution >= 4 is 25.7 Å². The zero-order valence-corrected chi connectivity index (χ0v) is 26.3. The molecule has 1 spiro atoms. The first kappa shape index (κ1) is 31.7. The van der Waals surface area contributed by atoms with Crippen molar-refractivity contribution in [3.63, 3.8) is 0 Å². The van der Waals surface area contributed by atoms with Crippen molar-refractivity contribution < 1.29 is 23.7 Å². The smallest absolute Gasteiger partial charge is 0.269 e. The van der Waals surface area contributed by atoms with Crippen molar-refractivity contribution in [2.24, 2.45) is 5.92 Å². The van der Waals surface area contributed by atoms with Crippen LogP contribution in [-0.4, -0.2) is 58.6 Å². The van der Waals surface area contributed by atoms with Crippen LogP contribution in [-0.2, 0) is 28.1 Å². The van der Waals surface area contributed by atoms with Gasteiger partial charge in [-0.1, -0.05) is 35.4 Å². The zero-order chi connectivity index (χ0) is 30.8. The van der Waals surface area contributed by atoms with Crippen molar-refractivity contribution in [3.05, 3.63) is 69.1 Å². The highest BCUT2D eigenvalue weighted by Gasteiger charge is 2.66. The normalized spacial score (nSPS) is 24.0. The lowest BCUT2D eigenvalue weighted by Gasteiger charge is -2.31. The first-order valence-electron chi connectivity index (χ1n) is 14.6.